The van der Waals surface area contributed by atoms with Gasteiger partial charge in [0.05, 0.1) is 16.7 Å². The maximum atomic E-state index is 15.3. The molecule has 0 radical (unpaired) electrons. The lowest BCUT2D eigenvalue weighted by Crippen LogP contribution is -2.47. The number of nitrogens with zero attached hydrogens (tertiary/aromatic N) is 2. The van der Waals surface area contributed by atoms with E-state index in [2.05, 4.69) is 10.3 Å². The normalized spacial score (nSPS) is 22.5. The molecule has 1 fully saturated rings. The molecule has 2 aliphatic rings. The summed E-state index contributed by atoms with van der Waals surface area (Å²) in [5, 5.41) is 3.75. The Labute approximate surface area is 167 Å². The van der Waals surface area contributed by atoms with E-state index in [1.54, 1.807) is 27.3 Å². The Morgan fingerprint density at radius 1 is 1.39 bits per heavy atom. The molecule has 1 aliphatic carbocycles. The number of nitrogens with two attached hydrogens (primary N) is 1. The van der Waals surface area contributed by atoms with Gasteiger partial charge in [-0.05, 0) is 25.0 Å². The maximum Gasteiger partial charge on any atom is 0.258 e. The number of carbonyl (C=O) groups is 1. The smallest absolute Gasteiger partial charge is 0.258 e. The fourth-order valence-electron chi connectivity index (χ4n) is 4.20. The summed E-state index contributed by atoms with van der Waals surface area (Å²) in [5.74, 6) is -0.461. The van der Waals surface area contributed by atoms with Gasteiger partial charge in [-0.2, -0.15) is 0 Å². The highest BCUT2D eigenvalue weighted by atomic mass is 35.5. The topological polar surface area (TPSA) is 80.5 Å². The molecule has 28 heavy (non-hydrogen) atoms. The first-order valence-corrected chi connectivity index (χ1v) is 9.42. The third-order valence-electron chi connectivity index (χ3n) is 5.79. The molecule has 0 saturated heterocycles. The molecule has 2 aromatic rings. The molecule has 6 nitrogen and oxygen atoms in total. The van der Waals surface area contributed by atoms with E-state index in [-0.39, 0.29) is 28.3 Å². The summed E-state index contributed by atoms with van der Waals surface area (Å²) >= 11 is 6.77. The standard InChI is InChI=1S/C20H22ClFN4O2/c1-26(2)19(27)14-13(23)5-4-11(17(14)22)12-8-24-18-15(16(12)21)20(9-25-18)6-10(7-20)28-3/h4-5,8,10H,6-7,9,23H2,1-3H3,(H,24,25). The van der Waals surface area contributed by atoms with Crippen LogP contribution in [0, 0.1) is 5.82 Å². The van der Waals surface area contributed by atoms with Gasteiger partial charge in [-0.1, -0.05) is 11.6 Å². The Balaban J connectivity index is 1.84. The number of nitrogen functional groups attached to an aromatic ring is 1. The average Bonchev–Trinajstić information content (AvgIpc) is 3.02. The summed E-state index contributed by atoms with van der Waals surface area (Å²) < 4.78 is 20.7. The van der Waals surface area contributed by atoms with Gasteiger partial charge in [0.15, 0.2) is 0 Å². The summed E-state index contributed by atoms with van der Waals surface area (Å²) in [6, 6.07) is 3.07. The number of pyridine rings is 1. The first-order valence-electron chi connectivity index (χ1n) is 9.04. The number of hydrogen-bond donors (Lipinski definition) is 2. The van der Waals surface area contributed by atoms with Gasteiger partial charge in [0.1, 0.15) is 11.6 Å². The third-order valence-corrected chi connectivity index (χ3v) is 6.19. The maximum absolute atomic E-state index is 15.3. The molecule has 0 atom stereocenters. The largest absolute Gasteiger partial charge is 0.398 e. The van der Waals surface area contributed by atoms with Crippen molar-refractivity contribution in [2.75, 3.05) is 38.8 Å². The van der Waals surface area contributed by atoms with E-state index < -0.39 is 11.7 Å². The van der Waals surface area contributed by atoms with Gasteiger partial charge in [-0.25, -0.2) is 9.37 Å². The summed E-state index contributed by atoms with van der Waals surface area (Å²) in [7, 11) is 4.80. The van der Waals surface area contributed by atoms with Crippen LogP contribution in [0.2, 0.25) is 5.02 Å². The summed E-state index contributed by atoms with van der Waals surface area (Å²) in [6.07, 6.45) is 3.40. The fraction of sp³-hybridized carbons (Fsp3) is 0.400. The van der Waals surface area contributed by atoms with Crippen molar-refractivity contribution in [3.8, 4) is 11.1 Å². The van der Waals surface area contributed by atoms with E-state index in [0.717, 1.165) is 30.8 Å². The number of methoxy groups -OCH3 is 1. The zero-order valence-corrected chi connectivity index (χ0v) is 16.7. The zero-order chi connectivity index (χ0) is 20.2. The molecule has 1 saturated carbocycles. The first kappa shape index (κ1) is 19.0. The number of aromatic nitrogens is 1. The van der Waals surface area contributed by atoms with Gasteiger partial charge >= 0.3 is 0 Å². The predicted molar refractivity (Wildman–Crippen MR) is 107 cm³/mol. The van der Waals surface area contributed by atoms with Crippen molar-refractivity contribution < 1.29 is 13.9 Å². The minimum atomic E-state index is -0.689. The summed E-state index contributed by atoms with van der Waals surface area (Å²) in [5.41, 5.74) is 7.23. The van der Waals surface area contributed by atoms with Crippen LogP contribution in [-0.4, -0.2) is 49.6 Å². The van der Waals surface area contributed by atoms with Crippen molar-refractivity contribution in [1.82, 2.24) is 9.88 Å². The molecule has 8 heteroatoms. The van der Waals surface area contributed by atoms with E-state index in [1.807, 2.05) is 0 Å². The number of halogens is 2. The second kappa shape index (κ2) is 6.60. The number of amides is 1. The van der Waals surface area contributed by atoms with Crippen molar-refractivity contribution in [2.24, 2.45) is 0 Å². The number of benzene rings is 1. The number of nitrogens with one attached hydrogen (secondary N) is 1. The number of carbonyl (C=O) groups excluding carboxylic acids is 1. The van der Waals surface area contributed by atoms with Crippen LogP contribution in [0.4, 0.5) is 15.9 Å². The predicted octanol–water partition coefficient (Wildman–Crippen LogP) is 3.30. The van der Waals surface area contributed by atoms with E-state index in [4.69, 9.17) is 22.1 Å². The Morgan fingerprint density at radius 2 is 2.11 bits per heavy atom. The molecule has 4 rings (SSSR count). The SMILES string of the molecule is COC1CC2(CNc3ncc(-c4ccc(N)c(C(=O)N(C)C)c4F)c(Cl)c32)C1. The van der Waals surface area contributed by atoms with Crippen molar-refractivity contribution in [2.45, 2.75) is 24.4 Å². The molecule has 1 aromatic heterocycles. The molecule has 0 unspecified atom stereocenters. The first-order chi connectivity index (χ1) is 13.3. The zero-order valence-electron chi connectivity index (χ0n) is 16.0. The van der Waals surface area contributed by atoms with Crippen LogP contribution in [0.15, 0.2) is 18.3 Å². The van der Waals surface area contributed by atoms with E-state index >= 15 is 4.39 Å². The molecule has 1 spiro atoms. The Kier molecular flexibility index (Phi) is 4.47. The second-order valence-electron chi connectivity index (χ2n) is 7.70. The molecular weight excluding hydrogens is 383 g/mol. The van der Waals surface area contributed by atoms with Crippen LogP contribution in [-0.2, 0) is 10.2 Å². The quantitative estimate of drug-likeness (QED) is 0.767. The third kappa shape index (κ3) is 2.64. The lowest BCUT2D eigenvalue weighted by atomic mass is 9.64. The molecular formula is C20H22ClFN4O2. The summed E-state index contributed by atoms with van der Waals surface area (Å²) in [6.45, 7) is 0.729. The van der Waals surface area contributed by atoms with Crippen molar-refractivity contribution in [3.63, 3.8) is 0 Å². The lowest BCUT2D eigenvalue weighted by Gasteiger charge is -2.44. The lowest BCUT2D eigenvalue weighted by molar-refractivity contribution is -0.0108. The van der Waals surface area contributed by atoms with Gasteiger partial charge in [0, 0.05) is 61.7 Å². The van der Waals surface area contributed by atoms with Crippen LogP contribution < -0.4 is 11.1 Å². The number of fused-ring (bicyclic) bond motifs is 2. The molecule has 3 N–H and O–H groups in total. The van der Waals surface area contributed by atoms with Crippen LogP contribution in [0.25, 0.3) is 11.1 Å². The van der Waals surface area contributed by atoms with E-state index in [0.29, 0.717) is 10.6 Å². The van der Waals surface area contributed by atoms with Crippen LogP contribution in [0.1, 0.15) is 28.8 Å². The Hall–Kier alpha value is -2.38. The molecule has 0 bridgehead atoms. The fourth-order valence-corrected chi connectivity index (χ4v) is 4.64. The number of ether oxygens (including phenoxy) is 1. The number of hydrogen-bond acceptors (Lipinski definition) is 5. The minimum absolute atomic E-state index is 0.0882. The molecule has 1 aromatic carbocycles. The van der Waals surface area contributed by atoms with Gasteiger partial charge < -0.3 is 20.7 Å². The van der Waals surface area contributed by atoms with Crippen LogP contribution in [0.5, 0.6) is 0 Å². The Bertz CT molecular complexity index is 973. The van der Waals surface area contributed by atoms with Gasteiger partial charge in [-0.15, -0.1) is 0 Å². The van der Waals surface area contributed by atoms with Crippen molar-refractivity contribution >= 4 is 29.0 Å². The highest BCUT2D eigenvalue weighted by Gasteiger charge is 2.51. The molecule has 148 valence electrons. The van der Waals surface area contributed by atoms with Crippen LogP contribution in [0.3, 0.4) is 0 Å². The number of anilines is 2. The highest BCUT2D eigenvalue weighted by molar-refractivity contribution is 6.34. The van der Waals surface area contributed by atoms with Gasteiger partial charge in [0.25, 0.3) is 5.91 Å². The Morgan fingerprint density at radius 3 is 2.75 bits per heavy atom. The monoisotopic (exact) mass is 404 g/mol. The second-order valence-corrected chi connectivity index (χ2v) is 8.08. The molecule has 1 amide bonds. The van der Waals surface area contributed by atoms with E-state index in [1.165, 1.54) is 17.2 Å². The minimum Gasteiger partial charge on any atom is -0.398 e. The van der Waals surface area contributed by atoms with Crippen LogP contribution >= 0.6 is 11.6 Å². The van der Waals surface area contributed by atoms with Gasteiger partial charge in [0.2, 0.25) is 0 Å². The highest BCUT2D eigenvalue weighted by Crippen LogP contribution is 2.54. The van der Waals surface area contributed by atoms with E-state index in [9.17, 15) is 4.79 Å². The van der Waals surface area contributed by atoms with Gasteiger partial charge in [-0.3, -0.25) is 4.79 Å². The van der Waals surface area contributed by atoms with Crippen molar-refractivity contribution in [3.05, 3.63) is 40.3 Å². The van der Waals surface area contributed by atoms with Crippen molar-refractivity contribution in [1.29, 1.82) is 0 Å². The molecule has 1 aliphatic heterocycles. The number of rotatable bonds is 3. The molecule has 2 heterocycles. The summed E-state index contributed by atoms with van der Waals surface area (Å²) in [4.78, 5) is 18.2. The average molecular weight is 405 g/mol.